The van der Waals surface area contributed by atoms with Crippen LogP contribution in [0.25, 0.3) is 0 Å². The highest BCUT2D eigenvalue weighted by Crippen LogP contribution is 2.23. The van der Waals surface area contributed by atoms with Crippen LogP contribution in [0.15, 0.2) is 6.20 Å². The summed E-state index contributed by atoms with van der Waals surface area (Å²) in [5, 5.41) is 0.329. The molecule has 1 aromatic heterocycles. The average molecular weight is 297 g/mol. The van der Waals surface area contributed by atoms with Crippen LogP contribution in [-0.2, 0) is 0 Å². The van der Waals surface area contributed by atoms with Crippen LogP contribution >= 0.6 is 11.6 Å². The molecule has 2 rings (SSSR count). The van der Waals surface area contributed by atoms with Crippen molar-refractivity contribution in [2.45, 2.75) is 19.8 Å². The van der Waals surface area contributed by atoms with Gasteiger partial charge in [0.15, 0.2) is 5.69 Å². The zero-order valence-electron chi connectivity index (χ0n) is 12.4. The van der Waals surface area contributed by atoms with Crippen LogP contribution in [0.5, 0.6) is 0 Å². The number of carbonyl (C=O) groups excluding carboxylic acids is 1. The molecule has 1 fully saturated rings. The Kier molecular flexibility index (Phi) is 4.60. The molecule has 1 amide bonds. The lowest BCUT2D eigenvalue weighted by molar-refractivity contribution is 0.0444. The summed E-state index contributed by atoms with van der Waals surface area (Å²) >= 11 is 6.06. The van der Waals surface area contributed by atoms with Crippen LogP contribution < -0.4 is 0 Å². The molecule has 1 aromatic rings. The minimum Gasteiger partial charge on any atom is -0.336 e. The standard InChI is InChI=1S/C14H21ClN4O/c1-9(2)13-16-5-11(15)12(17-13)14(20)19-7-10(8-19)6-18(3)4/h5,9-10H,6-8H2,1-4H3. The number of halogens is 1. The molecule has 20 heavy (non-hydrogen) atoms. The second-order valence-electron chi connectivity index (χ2n) is 5.92. The van der Waals surface area contributed by atoms with E-state index in [1.807, 2.05) is 27.9 Å². The van der Waals surface area contributed by atoms with Crippen LogP contribution in [0.1, 0.15) is 36.1 Å². The van der Waals surface area contributed by atoms with Crippen LogP contribution in [0.4, 0.5) is 0 Å². The summed E-state index contributed by atoms with van der Waals surface area (Å²) in [6.07, 6.45) is 1.52. The molecular formula is C14H21ClN4O. The van der Waals surface area contributed by atoms with Crippen molar-refractivity contribution in [3.05, 3.63) is 22.7 Å². The summed E-state index contributed by atoms with van der Waals surface area (Å²) in [5.74, 6) is 1.29. The van der Waals surface area contributed by atoms with Gasteiger partial charge in [0.1, 0.15) is 5.82 Å². The average Bonchev–Trinajstić information content (AvgIpc) is 2.32. The van der Waals surface area contributed by atoms with Gasteiger partial charge in [-0.1, -0.05) is 25.4 Å². The second kappa shape index (κ2) is 6.06. The van der Waals surface area contributed by atoms with E-state index in [2.05, 4.69) is 14.9 Å². The first kappa shape index (κ1) is 15.2. The molecule has 0 aromatic carbocycles. The first-order chi connectivity index (χ1) is 9.38. The van der Waals surface area contributed by atoms with Gasteiger partial charge >= 0.3 is 0 Å². The molecule has 1 saturated heterocycles. The predicted molar refractivity (Wildman–Crippen MR) is 79.1 cm³/mol. The summed E-state index contributed by atoms with van der Waals surface area (Å²) in [6.45, 7) is 6.53. The minimum atomic E-state index is -0.0886. The molecule has 5 nitrogen and oxygen atoms in total. The van der Waals surface area contributed by atoms with Crippen LogP contribution in [0.3, 0.4) is 0 Å². The van der Waals surface area contributed by atoms with Gasteiger partial charge in [0, 0.05) is 31.5 Å². The Labute approximate surface area is 124 Å². The first-order valence-corrected chi connectivity index (χ1v) is 7.22. The molecule has 0 N–H and O–H groups in total. The van der Waals surface area contributed by atoms with E-state index in [1.165, 1.54) is 6.20 Å². The maximum Gasteiger partial charge on any atom is 0.274 e. The van der Waals surface area contributed by atoms with Crippen molar-refractivity contribution in [3.8, 4) is 0 Å². The summed E-state index contributed by atoms with van der Waals surface area (Å²) in [4.78, 5) is 24.8. The zero-order valence-corrected chi connectivity index (χ0v) is 13.2. The normalized spacial score (nSPS) is 15.8. The molecular weight excluding hydrogens is 276 g/mol. The van der Waals surface area contributed by atoms with Crippen molar-refractivity contribution in [2.24, 2.45) is 5.92 Å². The van der Waals surface area contributed by atoms with Gasteiger partial charge in [-0.3, -0.25) is 4.79 Å². The third kappa shape index (κ3) is 3.27. The highest BCUT2D eigenvalue weighted by molar-refractivity contribution is 6.33. The lowest BCUT2D eigenvalue weighted by Crippen LogP contribution is -2.53. The molecule has 2 heterocycles. The number of rotatable bonds is 4. The topological polar surface area (TPSA) is 49.3 Å². The number of likely N-dealkylation sites (tertiary alicyclic amines) is 1. The van der Waals surface area contributed by atoms with Gasteiger partial charge in [0.25, 0.3) is 5.91 Å². The molecule has 6 heteroatoms. The third-order valence-electron chi connectivity index (χ3n) is 3.35. The molecule has 110 valence electrons. The molecule has 1 aliphatic heterocycles. The van der Waals surface area contributed by atoms with Gasteiger partial charge in [-0.15, -0.1) is 0 Å². The molecule has 0 aliphatic carbocycles. The quantitative estimate of drug-likeness (QED) is 0.851. The molecule has 0 unspecified atom stereocenters. The van der Waals surface area contributed by atoms with Gasteiger partial charge in [-0.25, -0.2) is 9.97 Å². The van der Waals surface area contributed by atoms with Gasteiger partial charge < -0.3 is 9.80 Å². The van der Waals surface area contributed by atoms with E-state index >= 15 is 0 Å². The van der Waals surface area contributed by atoms with E-state index in [1.54, 1.807) is 4.90 Å². The minimum absolute atomic E-state index is 0.0886. The molecule has 0 atom stereocenters. The Morgan fingerprint density at radius 3 is 2.70 bits per heavy atom. The largest absolute Gasteiger partial charge is 0.336 e. The van der Waals surface area contributed by atoms with Gasteiger partial charge in [-0.05, 0) is 14.1 Å². The summed E-state index contributed by atoms with van der Waals surface area (Å²) in [6, 6.07) is 0. The number of amides is 1. The van der Waals surface area contributed by atoms with Crippen LogP contribution in [0.2, 0.25) is 5.02 Å². The number of aromatic nitrogens is 2. The van der Waals surface area contributed by atoms with Crippen molar-refractivity contribution in [3.63, 3.8) is 0 Å². The summed E-state index contributed by atoms with van der Waals surface area (Å²) in [5.41, 5.74) is 0.327. The Morgan fingerprint density at radius 1 is 1.50 bits per heavy atom. The van der Waals surface area contributed by atoms with E-state index in [0.717, 1.165) is 19.6 Å². The highest BCUT2D eigenvalue weighted by atomic mass is 35.5. The number of nitrogens with zero attached hydrogens (tertiary/aromatic N) is 4. The predicted octanol–water partition coefficient (Wildman–Crippen LogP) is 1.89. The molecule has 0 spiro atoms. The third-order valence-corrected chi connectivity index (χ3v) is 3.63. The maximum absolute atomic E-state index is 12.4. The Hall–Kier alpha value is -1.20. The van der Waals surface area contributed by atoms with Crippen LogP contribution in [-0.4, -0.2) is 59.4 Å². The van der Waals surface area contributed by atoms with E-state index in [0.29, 0.717) is 22.5 Å². The van der Waals surface area contributed by atoms with Gasteiger partial charge in [-0.2, -0.15) is 0 Å². The monoisotopic (exact) mass is 296 g/mol. The summed E-state index contributed by atoms with van der Waals surface area (Å²) < 4.78 is 0. The second-order valence-corrected chi connectivity index (χ2v) is 6.33. The number of hydrogen-bond acceptors (Lipinski definition) is 4. The Balaban J connectivity index is 2.05. The molecule has 0 saturated carbocycles. The molecule has 1 aliphatic rings. The highest BCUT2D eigenvalue weighted by Gasteiger charge is 2.33. The smallest absolute Gasteiger partial charge is 0.274 e. The molecule has 0 radical (unpaired) electrons. The van der Waals surface area contributed by atoms with E-state index < -0.39 is 0 Å². The zero-order chi connectivity index (χ0) is 14.9. The van der Waals surface area contributed by atoms with Crippen molar-refractivity contribution >= 4 is 17.5 Å². The lowest BCUT2D eigenvalue weighted by atomic mass is 9.99. The van der Waals surface area contributed by atoms with Crippen LogP contribution in [0, 0.1) is 5.92 Å². The SMILES string of the molecule is CC(C)c1ncc(Cl)c(C(=O)N2CC(CN(C)C)C2)n1. The number of hydrogen-bond donors (Lipinski definition) is 0. The molecule has 0 bridgehead atoms. The Bertz CT molecular complexity index is 498. The lowest BCUT2D eigenvalue weighted by Gasteiger charge is -2.40. The van der Waals surface area contributed by atoms with E-state index in [-0.39, 0.29) is 11.8 Å². The summed E-state index contributed by atoms with van der Waals surface area (Å²) in [7, 11) is 4.08. The van der Waals surface area contributed by atoms with Gasteiger partial charge in [0.05, 0.1) is 11.2 Å². The van der Waals surface area contributed by atoms with Gasteiger partial charge in [0.2, 0.25) is 0 Å². The van der Waals surface area contributed by atoms with Crippen molar-refractivity contribution < 1.29 is 4.79 Å². The van der Waals surface area contributed by atoms with E-state index in [4.69, 9.17) is 11.6 Å². The fourth-order valence-corrected chi connectivity index (χ4v) is 2.50. The van der Waals surface area contributed by atoms with Crippen molar-refractivity contribution in [2.75, 3.05) is 33.7 Å². The fourth-order valence-electron chi connectivity index (χ4n) is 2.33. The van der Waals surface area contributed by atoms with Crippen molar-refractivity contribution in [1.29, 1.82) is 0 Å². The number of carbonyl (C=O) groups is 1. The van der Waals surface area contributed by atoms with E-state index in [9.17, 15) is 4.79 Å². The first-order valence-electron chi connectivity index (χ1n) is 6.85. The maximum atomic E-state index is 12.4. The Morgan fingerprint density at radius 2 is 2.15 bits per heavy atom. The fraction of sp³-hybridized carbons (Fsp3) is 0.643. The van der Waals surface area contributed by atoms with Crippen molar-refractivity contribution in [1.82, 2.24) is 19.8 Å².